The number of thiophene rings is 1. The number of fused-ring (bicyclic) bond motifs is 6. The van der Waals surface area contributed by atoms with Crippen molar-refractivity contribution in [1.29, 1.82) is 0 Å². The lowest BCUT2D eigenvalue weighted by Crippen LogP contribution is -1.97. The molecule has 33 heavy (non-hydrogen) atoms. The average Bonchev–Trinajstić information content (AvgIpc) is 3.41. The van der Waals surface area contributed by atoms with Gasteiger partial charge in [-0.15, -0.1) is 11.3 Å². The van der Waals surface area contributed by atoms with Crippen molar-refractivity contribution in [3.8, 4) is 22.8 Å². The summed E-state index contributed by atoms with van der Waals surface area (Å²) in [4.78, 5) is 13.8. The van der Waals surface area contributed by atoms with Crippen molar-refractivity contribution < 1.29 is 4.42 Å². The molecule has 0 unspecified atom stereocenters. The molecule has 7 aromatic rings. The largest absolute Gasteiger partial charge is 0.456 e. The van der Waals surface area contributed by atoms with Crippen LogP contribution in [0.25, 0.3) is 64.9 Å². The third-order valence-corrected chi connectivity index (χ3v) is 7.21. The molecule has 0 amide bonds. The van der Waals surface area contributed by atoms with E-state index in [-0.39, 0.29) is 5.28 Å². The number of hydrogen-bond donors (Lipinski definition) is 0. The molecular weight excluding hydrogens is 450 g/mol. The molecular formula is C27H14ClN3OS. The van der Waals surface area contributed by atoms with Crippen molar-refractivity contribution in [3.63, 3.8) is 0 Å². The van der Waals surface area contributed by atoms with Gasteiger partial charge in [-0.1, -0.05) is 48.5 Å². The van der Waals surface area contributed by atoms with Gasteiger partial charge in [-0.3, -0.25) is 0 Å². The molecule has 0 atom stereocenters. The van der Waals surface area contributed by atoms with Crippen molar-refractivity contribution in [3.05, 3.63) is 90.2 Å². The van der Waals surface area contributed by atoms with Crippen LogP contribution in [0, 0.1) is 0 Å². The van der Waals surface area contributed by atoms with Crippen LogP contribution in [0.15, 0.2) is 89.3 Å². The van der Waals surface area contributed by atoms with E-state index in [2.05, 4.69) is 46.4 Å². The molecule has 0 saturated heterocycles. The lowest BCUT2D eigenvalue weighted by atomic mass is 10.1. The molecule has 4 nitrogen and oxygen atoms in total. The first kappa shape index (κ1) is 18.7. The SMILES string of the molecule is Clc1nc(-c2ccc3sc4ccccc4c3c2)nc(-c2cccc3oc4ccccc4c23)n1. The summed E-state index contributed by atoms with van der Waals surface area (Å²) in [5.41, 5.74) is 3.39. The van der Waals surface area contributed by atoms with Crippen LogP contribution < -0.4 is 0 Å². The minimum absolute atomic E-state index is 0.162. The summed E-state index contributed by atoms with van der Waals surface area (Å²) in [7, 11) is 0. The van der Waals surface area contributed by atoms with Gasteiger partial charge < -0.3 is 4.42 Å². The molecule has 0 aliphatic heterocycles. The Hall–Kier alpha value is -3.80. The molecule has 0 N–H and O–H groups in total. The Balaban J connectivity index is 1.45. The maximum atomic E-state index is 6.40. The lowest BCUT2D eigenvalue weighted by Gasteiger charge is -2.06. The van der Waals surface area contributed by atoms with E-state index in [1.54, 1.807) is 11.3 Å². The predicted octanol–water partition coefficient (Wildman–Crippen LogP) is 8.13. The molecule has 0 aliphatic rings. The molecule has 0 saturated carbocycles. The zero-order chi connectivity index (χ0) is 21.9. The predicted molar refractivity (Wildman–Crippen MR) is 136 cm³/mol. The smallest absolute Gasteiger partial charge is 0.226 e. The number of para-hydroxylation sites is 1. The number of benzene rings is 4. The zero-order valence-electron chi connectivity index (χ0n) is 17.1. The first-order valence-electron chi connectivity index (χ1n) is 10.5. The van der Waals surface area contributed by atoms with Gasteiger partial charge in [0.15, 0.2) is 11.6 Å². The van der Waals surface area contributed by atoms with Gasteiger partial charge in [-0.2, -0.15) is 9.97 Å². The first-order valence-corrected chi connectivity index (χ1v) is 11.7. The van der Waals surface area contributed by atoms with Gasteiger partial charge in [0, 0.05) is 42.1 Å². The van der Waals surface area contributed by atoms with E-state index in [1.807, 2.05) is 48.5 Å². The molecule has 6 heteroatoms. The van der Waals surface area contributed by atoms with Gasteiger partial charge in [0.2, 0.25) is 5.28 Å². The zero-order valence-corrected chi connectivity index (χ0v) is 18.7. The van der Waals surface area contributed by atoms with Gasteiger partial charge in [-0.05, 0) is 48.0 Å². The number of rotatable bonds is 2. The number of furan rings is 1. The van der Waals surface area contributed by atoms with Gasteiger partial charge in [0.1, 0.15) is 11.2 Å². The summed E-state index contributed by atoms with van der Waals surface area (Å²) in [5.74, 6) is 1.07. The normalized spacial score (nSPS) is 11.8. The second-order valence-corrected chi connectivity index (χ2v) is 9.26. The van der Waals surface area contributed by atoms with Crippen molar-refractivity contribution in [2.24, 2.45) is 0 Å². The standard InChI is InChI=1S/C27H14ClN3OS/c28-27-30-25(15-12-13-23-19(14-15)16-6-2-4-11-22(16)33-23)29-26(31-27)18-8-5-10-21-24(18)17-7-1-3-9-20(17)32-21/h1-14H. The minimum atomic E-state index is 0.162. The van der Waals surface area contributed by atoms with Gasteiger partial charge in [0.05, 0.1) is 0 Å². The maximum Gasteiger partial charge on any atom is 0.226 e. The van der Waals surface area contributed by atoms with Crippen LogP contribution in [0.3, 0.4) is 0 Å². The maximum absolute atomic E-state index is 6.40. The summed E-state index contributed by atoms with van der Waals surface area (Å²) < 4.78 is 8.53. The van der Waals surface area contributed by atoms with Crippen LogP contribution in [0.1, 0.15) is 0 Å². The van der Waals surface area contributed by atoms with Crippen LogP contribution in [-0.2, 0) is 0 Å². The molecule has 0 fully saturated rings. The Morgan fingerprint density at radius 1 is 0.636 bits per heavy atom. The second kappa shape index (κ2) is 7.10. The van der Waals surface area contributed by atoms with Crippen LogP contribution in [0.5, 0.6) is 0 Å². The monoisotopic (exact) mass is 463 g/mol. The molecule has 0 bridgehead atoms. The van der Waals surface area contributed by atoms with Crippen molar-refractivity contribution in [1.82, 2.24) is 15.0 Å². The molecule has 3 heterocycles. The van der Waals surface area contributed by atoms with E-state index < -0.39 is 0 Å². The van der Waals surface area contributed by atoms with E-state index in [0.29, 0.717) is 11.6 Å². The fraction of sp³-hybridized carbons (Fsp3) is 0. The van der Waals surface area contributed by atoms with Crippen LogP contribution in [0.4, 0.5) is 0 Å². The topological polar surface area (TPSA) is 51.8 Å². The van der Waals surface area contributed by atoms with Gasteiger partial charge in [-0.25, -0.2) is 4.98 Å². The Kier molecular flexibility index (Phi) is 4.03. The highest BCUT2D eigenvalue weighted by Gasteiger charge is 2.17. The molecule has 4 aromatic carbocycles. The summed E-state index contributed by atoms with van der Waals surface area (Å²) in [6.45, 7) is 0. The van der Waals surface area contributed by atoms with E-state index in [0.717, 1.165) is 33.1 Å². The number of aromatic nitrogens is 3. The fourth-order valence-corrected chi connectivity index (χ4v) is 5.67. The van der Waals surface area contributed by atoms with Crippen molar-refractivity contribution >= 4 is 65.0 Å². The van der Waals surface area contributed by atoms with E-state index in [9.17, 15) is 0 Å². The molecule has 0 aliphatic carbocycles. The van der Waals surface area contributed by atoms with Crippen LogP contribution >= 0.6 is 22.9 Å². The molecule has 0 spiro atoms. The Morgan fingerprint density at radius 2 is 1.39 bits per heavy atom. The Bertz CT molecular complexity index is 1850. The molecule has 7 rings (SSSR count). The fourth-order valence-electron chi connectivity index (χ4n) is 4.43. The van der Waals surface area contributed by atoms with E-state index in [1.165, 1.54) is 20.2 Å². The number of nitrogens with zero attached hydrogens (tertiary/aromatic N) is 3. The summed E-state index contributed by atoms with van der Waals surface area (Å²) in [6.07, 6.45) is 0. The quantitative estimate of drug-likeness (QED) is 0.259. The summed E-state index contributed by atoms with van der Waals surface area (Å²) in [6, 6.07) is 28.6. The molecule has 0 radical (unpaired) electrons. The highest BCUT2D eigenvalue weighted by atomic mass is 35.5. The summed E-state index contributed by atoms with van der Waals surface area (Å²) in [5, 5.41) is 4.58. The van der Waals surface area contributed by atoms with E-state index in [4.69, 9.17) is 21.0 Å². The van der Waals surface area contributed by atoms with E-state index >= 15 is 0 Å². The third-order valence-electron chi connectivity index (χ3n) is 5.89. The molecule has 156 valence electrons. The Labute approximate surface area is 197 Å². The van der Waals surface area contributed by atoms with Crippen LogP contribution in [-0.4, -0.2) is 15.0 Å². The third kappa shape index (κ3) is 2.94. The number of hydrogen-bond acceptors (Lipinski definition) is 5. The highest BCUT2D eigenvalue weighted by molar-refractivity contribution is 7.25. The van der Waals surface area contributed by atoms with Gasteiger partial charge in [0.25, 0.3) is 0 Å². The first-order chi connectivity index (χ1) is 16.2. The number of halogens is 1. The summed E-state index contributed by atoms with van der Waals surface area (Å²) >= 11 is 8.18. The van der Waals surface area contributed by atoms with Crippen LogP contribution in [0.2, 0.25) is 5.28 Å². The molecule has 3 aromatic heterocycles. The average molecular weight is 464 g/mol. The Morgan fingerprint density at radius 3 is 2.33 bits per heavy atom. The second-order valence-electron chi connectivity index (χ2n) is 7.84. The lowest BCUT2D eigenvalue weighted by molar-refractivity contribution is 0.669. The van der Waals surface area contributed by atoms with Crippen molar-refractivity contribution in [2.45, 2.75) is 0 Å². The minimum Gasteiger partial charge on any atom is -0.456 e. The van der Waals surface area contributed by atoms with Crippen molar-refractivity contribution in [2.75, 3.05) is 0 Å². The van der Waals surface area contributed by atoms with Gasteiger partial charge >= 0.3 is 0 Å². The highest BCUT2D eigenvalue weighted by Crippen LogP contribution is 2.38.